The minimum Gasteiger partial charge on any atom is -0.338 e. The number of aryl methyl sites for hydroxylation is 1. The maximum atomic E-state index is 10.7. The van der Waals surface area contributed by atoms with Crippen LogP contribution in [0.15, 0.2) is 72.9 Å². The monoisotopic (exact) mass is 575 g/mol. The third-order valence-corrected chi connectivity index (χ3v) is 4.56. The highest BCUT2D eigenvalue weighted by Gasteiger charge is 1.98. The number of aromatic nitrogens is 5. The Balaban J connectivity index is -0.000000497. The van der Waals surface area contributed by atoms with Gasteiger partial charge in [-0.05, 0) is 75.7 Å². The zero-order valence-corrected chi connectivity index (χ0v) is 21.6. The maximum absolute atomic E-state index is 10.7. The van der Waals surface area contributed by atoms with Crippen molar-refractivity contribution in [3.05, 3.63) is 95.8 Å². The molecule has 0 amide bonds. The van der Waals surface area contributed by atoms with Gasteiger partial charge in [0.15, 0.2) is 24.2 Å². The molecule has 0 aliphatic rings. The minimum absolute atomic E-state index is 0. The van der Waals surface area contributed by atoms with Crippen molar-refractivity contribution in [2.75, 3.05) is 0 Å². The number of fused-ring (bicyclic) bond motifs is 2. The predicted octanol–water partition coefficient (Wildman–Crippen LogP) is 7.88. The lowest BCUT2D eigenvalue weighted by Gasteiger charge is -1.91. The van der Waals surface area contributed by atoms with E-state index >= 15 is 0 Å². The van der Waals surface area contributed by atoms with Crippen molar-refractivity contribution in [1.82, 2.24) is 24.9 Å². The smallest absolute Gasteiger partial charge is 0.185 e. The summed E-state index contributed by atoms with van der Waals surface area (Å²) in [5, 5.41) is 0. The van der Waals surface area contributed by atoms with Crippen molar-refractivity contribution >= 4 is 52.3 Å². The highest BCUT2D eigenvalue weighted by molar-refractivity contribution is 5.91. The van der Waals surface area contributed by atoms with Crippen LogP contribution >= 0.6 is 0 Å². The summed E-state index contributed by atoms with van der Waals surface area (Å²) in [6.07, 6.45) is 6.26. The van der Waals surface area contributed by atoms with Crippen LogP contribution in [0.5, 0.6) is 0 Å². The molecule has 0 bridgehead atoms. The average Bonchev–Trinajstić information content (AvgIpc) is 3.52. The Morgan fingerprint density at radius 1 is 0.690 bits per heavy atom. The van der Waals surface area contributed by atoms with Crippen LogP contribution < -0.4 is 0 Å². The van der Waals surface area contributed by atoms with Crippen molar-refractivity contribution in [1.29, 1.82) is 0 Å². The lowest BCUT2D eigenvalue weighted by atomic mass is 10.2. The van der Waals surface area contributed by atoms with E-state index in [2.05, 4.69) is 24.9 Å². The molecule has 0 saturated heterocycles. The molecule has 0 unspecified atom stereocenters. The zero-order chi connectivity index (χ0) is 27.9. The van der Waals surface area contributed by atoms with Crippen molar-refractivity contribution in [3.63, 3.8) is 0 Å². The summed E-state index contributed by atoms with van der Waals surface area (Å²) in [5.74, 6) is 1.28. The summed E-state index contributed by atoms with van der Waals surface area (Å²) < 4.78 is 0. The number of imidazole rings is 2. The van der Waals surface area contributed by atoms with E-state index in [-0.39, 0.29) is 41.3 Å². The number of Topliss-reactive ketones (excluding diaryl/α,β-unsaturated/α-hetero) is 1. The second-order valence-electron chi connectivity index (χ2n) is 8.07. The van der Waals surface area contributed by atoms with E-state index in [1.807, 2.05) is 67.6 Å². The van der Waals surface area contributed by atoms with E-state index in [1.165, 1.54) is 26.8 Å². The van der Waals surface area contributed by atoms with Gasteiger partial charge >= 0.3 is 0 Å². The van der Waals surface area contributed by atoms with Crippen molar-refractivity contribution in [3.8, 4) is 0 Å². The second-order valence-corrected chi connectivity index (χ2v) is 8.07. The number of rotatable bonds is 4. The molecule has 9 nitrogen and oxygen atoms in total. The molecule has 0 atom stereocenters. The Morgan fingerprint density at radius 2 is 1.17 bits per heavy atom. The molecule has 2 aromatic carbocycles. The first-order valence-corrected chi connectivity index (χ1v) is 11.6. The number of para-hydroxylation sites is 4. The Hall–Kier alpha value is -5.05. The fourth-order valence-electron chi connectivity index (χ4n) is 2.90. The number of H-pyrrole nitrogens is 2. The molecule has 0 saturated carbocycles. The largest absolute Gasteiger partial charge is 0.338 e. The van der Waals surface area contributed by atoms with Gasteiger partial charge in [-0.25, -0.2) is 9.97 Å². The van der Waals surface area contributed by atoms with E-state index in [4.69, 9.17) is 0 Å². The van der Waals surface area contributed by atoms with Crippen LogP contribution in [0, 0.1) is 6.92 Å². The summed E-state index contributed by atoms with van der Waals surface area (Å²) >= 11 is 0. The fraction of sp³-hybridized carbons (Fsp3) is 0.242. The third kappa shape index (κ3) is 14.4. The first-order chi connectivity index (χ1) is 18.2. The van der Waals surface area contributed by atoms with Crippen LogP contribution in [-0.2, 0) is 9.59 Å². The maximum Gasteiger partial charge on any atom is 0.185 e. The molecule has 5 aromatic rings. The number of carbonyl (C=O) groups excluding carboxylic acids is 4. The third-order valence-electron chi connectivity index (χ3n) is 4.56. The Bertz CT molecular complexity index is 1480. The lowest BCUT2D eigenvalue weighted by Crippen LogP contribution is -1.88. The number of aromatic amines is 2. The second kappa shape index (κ2) is 21.7. The summed E-state index contributed by atoms with van der Waals surface area (Å²) in [4.78, 5) is 58.7. The number of hydrogen-bond acceptors (Lipinski definition) is 7. The van der Waals surface area contributed by atoms with E-state index in [9.17, 15) is 19.2 Å². The molecule has 3 aromatic heterocycles. The highest BCUT2D eigenvalue weighted by Crippen LogP contribution is 2.11. The van der Waals surface area contributed by atoms with Crippen molar-refractivity contribution in [2.45, 2.75) is 57.4 Å². The van der Waals surface area contributed by atoms with Crippen molar-refractivity contribution in [2.24, 2.45) is 0 Å². The van der Waals surface area contributed by atoms with Gasteiger partial charge in [-0.1, -0.05) is 60.0 Å². The normalized spacial score (nSPS) is 8.95. The van der Waals surface area contributed by atoms with Gasteiger partial charge in [0.05, 0.1) is 22.1 Å². The molecule has 0 aliphatic heterocycles. The van der Waals surface area contributed by atoms with Gasteiger partial charge in [-0.15, -0.1) is 0 Å². The number of benzene rings is 2. The first-order valence-electron chi connectivity index (χ1n) is 11.6. The standard InChI is InChI=1S/C11H10N2O.C8H6N2O.C7H7NO.C3H6O.4CH4/c1-8(14)6-7-11-12-9-4-2-3-5-10(9)13-11;11-5-8-9-6-3-1-2-4-7(6)10-8;1-6-3-2-4-8-7(6)5-9;1-3(2)4;;;;/h2-7H,1H3,(H,12,13);1-5H,(H,9,10);2-5H,1H3;1-2H3;4*1H4/b7-6+;;;;;;;. The summed E-state index contributed by atoms with van der Waals surface area (Å²) in [7, 11) is 0. The number of nitrogens with one attached hydrogen (secondary N) is 2. The molecule has 0 aliphatic carbocycles. The molecule has 3 heterocycles. The molecule has 42 heavy (non-hydrogen) atoms. The molecule has 0 fully saturated rings. The summed E-state index contributed by atoms with van der Waals surface area (Å²) in [6, 6.07) is 18.9. The van der Waals surface area contributed by atoms with Gasteiger partial charge in [0.25, 0.3) is 0 Å². The molecule has 5 rings (SSSR count). The van der Waals surface area contributed by atoms with E-state index in [0.29, 0.717) is 23.6 Å². The van der Waals surface area contributed by atoms with Gasteiger partial charge < -0.3 is 14.8 Å². The number of carbonyl (C=O) groups is 4. The quantitative estimate of drug-likeness (QED) is 0.164. The number of hydrogen-bond donors (Lipinski definition) is 2. The van der Waals surface area contributed by atoms with Crippen LogP contribution in [0.1, 0.15) is 83.0 Å². The van der Waals surface area contributed by atoms with Gasteiger partial charge in [0.2, 0.25) is 0 Å². The minimum atomic E-state index is 0. The van der Waals surface area contributed by atoms with Gasteiger partial charge in [0, 0.05) is 6.20 Å². The number of ketones is 2. The molecule has 0 spiro atoms. The topological polar surface area (TPSA) is 139 Å². The number of aldehydes is 2. The SMILES string of the molecule is C.C.C.C.CC(=O)/C=C/c1nc2ccccc2[nH]1.CC(C)=O.Cc1cccnc1C=O.O=Cc1nc2ccccc2[nH]1. The Kier molecular flexibility index (Phi) is 21.4. The van der Waals surface area contributed by atoms with Crippen LogP contribution in [0.4, 0.5) is 0 Å². The fourth-order valence-corrected chi connectivity index (χ4v) is 2.90. The molecular weight excluding hydrogens is 530 g/mol. The Morgan fingerprint density at radius 3 is 1.57 bits per heavy atom. The van der Waals surface area contributed by atoms with Crippen LogP contribution in [0.3, 0.4) is 0 Å². The number of pyridine rings is 1. The Labute approximate surface area is 249 Å². The highest BCUT2D eigenvalue weighted by atomic mass is 16.1. The number of allylic oxidation sites excluding steroid dienone is 1. The average molecular weight is 576 g/mol. The van der Waals surface area contributed by atoms with Gasteiger partial charge in [0.1, 0.15) is 17.3 Å². The zero-order valence-electron chi connectivity index (χ0n) is 21.6. The molecular formula is C33H45N5O4. The van der Waals surface area contributed by atoms with Crippen molar-refractivity contribution < 1.29 is 19.2 Å². The van der Waals surface area contributed by atoms with E-state index in [0.717, 1.165) is 33.9 Å². The number of nitrogens with zero attached hydrogens (tertiary/aromatic N) is 3. The molecule has 9 heteroatoms. The van der Waals surface area contributed by atoms with E-state index in [1.54, 1.807) is 12.3 Å². The molecule has 226 valence electrons. The summed E-state index contributed by atoms with van der Waals surface area (Å²) in [6.45, 7) is 6.43. The van der Waals surface area contributed by atoms with Crippen LogP contribution in [-0.4, -0.2) is 49.1 Å². The lowest BCUT2D eigenvalue weighted by molar-refractivity contribution is -0.115. The summed E-state index contributed by atoms with van der Waals surface area (Å²) in [5.41, 5.74) is 5.07. The van der Waals surface area contributed by atoms with Crippen LogP contribution in [0.2, 0.25) is 0 Å². The van der Waals surface area contributed by atoms with Gasteiger partial charge in [-0.3, -0.25) is 19.4 Å². The molecule has 2 N–H and O–H groups in total. The van der Waals surface area contributed by atoms with Crippen LogP contribution in [0.25, 0.3) is 28.1 Å². The van der Waals surface area contributed by atoms with E-state index < -0.39 is 0 Å². The van der Waals surface area contributed by atoms with Gasteiger partial charge in [-0.2, -0.15) is 0 Å². The first kappa shape index (κ1) is 41.4. The molecule has 0 radical (unpaired) electrons. The predicted molar refractivity (Wildman–Crippen MR) is 175 cm³/mol.